The van der Waals surface area contributed by atoms with E-state index in [1.807, 2.05) is 7.05 Å². The molecule has 0 spiro atoms. The highest BCUT2D eigenvalue weighted by molar-refractivity contribution is 4.55. The van der Waals surface area contributed by atoms with E-state index in [4.69, 9.17) is 5.84 Å². The van der Waals surface area contributed by atoms with Crippen LogP contribution >= 0.6 is 0 Å². The van der Waals surface area contributed by atoms with Crippen molar-refractivity contribution in [2.45, 2.75) is 39.2 Å². The van der Waals surface area contributed by atoms with Gasteiger partial charge in [-0.3, -0.25) is 5.84 Å². The summed E-state index contributed by atoms with van der Waals surface area (Å²) in [5.74, 6) is 5.51. The molecule has 0 aromatic heterocycles. The van der Waals surface area contributed by atoms with Crippen LogP contribution in [0.15, 0.2) is 0 Å². The Balaban J connectivity index is 3.16. The van der Waals surface area contributed by atoms with Crippen LogP contribution in [0.4, 0.5) is 0 Å². The molecule has 0 saturated carbocycles. The van der Waals surface area contributed by atoms with Gasteiger partial charge in [0.15, 0.2) is 0 Å². The predicted molar refractivity (Wildman–Crippen MR) is 40.9 cm³/mol. The van der Waals surface area contributed by atoms with Gasteiger partial charge in [0.1, 0.15) is 0 Å². The van der Waals surface area contributed by atoms with Crippen molar-refractivity contribution in [2.24, 2.45) is 5.84 Å². The second kappa shape index (κ2) is 4.77. The highest BCUT2D eigenvalue weighted by atomic mass is 15.4. The van der Waals surface area contributed by atoms with Crippen LogP contribution in [0.1, 0.15) is 33.1 Å². The minimum atomic E-state index is 0.532. The number of hydrogen-bond acceptors (Lipinski definition) is 2. The molecule has 0 aromatic carbocycles. The van der Waals surface area contributed by atoms with Crippen LogP contribution in [0.25, 0.3) is 0 Å². The van der Waals surface area contributed by atoms with Crippen LogP contribution < -0.4 is 5.84 Å². The molecule has 0 aromatic rings. The zero-order valence-corrected chi connectivity index (χ0v) is 6.72. The van der Waals surface area contributed by atoms with Crippen molar-refractivity contribution in [3.63, 3.8) is 0 Å². The maximum absolute atomic E-state index is 5.51. The van der Waals surface area contributed by atoms with Gasteiger partial charge < -0.3 is 0 Å². The van der Waals surface area contributed by atoms with Crippen LogP contribution in [-0.4, -0.2) is 18.1 Å². The molecule has 2 N–H and O–H groups in total. The summed E-state index contributed by atoms with van der Waals surface area (Å²) in [6, 6.07) is 0.532. The van der Waals surface area contributed by atoms with Gasteiger partial charge in [0.2, 0.25) is 0 Å². The van der Waals surface area contributed by atoms with Crippen molar-refractivity contribution in [1.29, 1.82) is 0 Å². The predicted octanol–water partition coefficient (Wildman–Crippen LogP) is 1.37. The van der Waals surface area contributed by atoms with Gasteiger partial charge in [0.05, 0.1) is 0 Å². The number of hydrazine groups is 1. The zero-order valence-electron chi connectivity index (χ0n) is 6.72. The third-order valence-corrected chi connectivity index (χ3v) is 1.67. The van der Waals surface area contributed by atoms with Crippen LogP contribution in [0.2, 0.25) is 0 Å². The molecular formula is C7H18N2. The van der Waals surface area contributed by atoms with Crippen molar-refractivity contribution in [1.82, 2.24) is 5.01 Å². The van der Waals surface area contributed by atoms with E-state index in [9.17, 15) is 0 Å². The molecule has 0 heterocycles. The first-order chi connectivity index (χ1) is 4.18. The quantitative estimate of drug-likeness (QED) is 0.460. The van der Waals surface area contributed by atoms with Crippen LogP contribution in [0, 0.1) is 0 Å². The molecule has 0 radical (unpaired) electrons. The summed E-state index contributed by atoms with van der Waals surface area (Å²) in [6.45, 7) is 4.35. The monoisotopic (exact) mass is 130 g/mol. The van der Waals surface area contributed by atoms with E-state index in [0.717, 1.165) is 0 Å². The van der Waals surface area contributed by atoms with E-state index in [-0.39, 0.29) is 0 Å². The molecule has 9 heavy (non-hydrogen) atoms. The van der Waals surface area contributed by atoms with Crippen molar-refractivity contribution < 1.29 is 0 Å². The van der Waals surface area contributed by atoms with Crippen molar-refractivity contribution in [3.05, 3.63) is 0 Å². The molecule has 0 amide bonds. The molecule has 0 aliphatic rings. The lowest BCUT2D eigenvalue weighted by molar-refractivity contribution is 0.249. The van der Waals surface area contributed by atoms with Crippen LogP contribution in [0.5, 0.6) is 0 Å². The van der Waals surface area contributed by atoms with E-state index in [1.165, 1.54) is 19.3 Å². The largest absolute Gasteiger partial charge is 0.269 e. The van der Waals surface area contributed by atoms with Gasteiger partial charge >= 0.3 is 0 Å². The summed E-state index contributed by atoms with van der Waals surface area (Å²) >= 11 is 0. The smallest absolute Gasteiger partial charge is 0.0209 e. The molecule has 2 heteroatoms. The van der Waals surface area contributed by atoms with Crippen LogP contribution in [-0.2, 0) is 0 Å². The highest BCUT2D eigenvalue weighted by Crippen LogP contribution is 2.01. The first-order valence-electron chi connectivity index (χ1n) is 3.66. The standard InChI is InChI=1S/C7H18N2/c1-4-5-6-7(2)9(3)8/h7H,4-6,8H2,1-3H3. The SMILES string of the molecule is CCCCC(C)N(C)N. The van der Waals surface area contributed by atoms with Gasteiger partial charge in [-0.15, -0.1) is 0 Å². The first kappa shape index (κ1) is 8.92. The normalized spacial score (nSPS) is 14.3. The summed E-state index contributed by atoms with van der Waals surface area (Å²) in [5, 5.41) is 1.77. The van der Waals surface area contributed by atoms with Gasteiger partial charge in [-0.1, -0.05) is 19.8 Å². The lowest BCUT2D eigenvalue weighted by atomic mass is 10.1. The van der Waals surface area contributed by atoms with Crippen LogP contribution in [0.3, 0.4) is 0 Å². The van der Waals surface area contributed by atoms with Gasteiger partial charge in [-0.25, -0.2) is 5.01 Å². The molecule has 0 fully saturated rings. The van der Waals surface area contributed by atoms with Gasteiger partial charge in [-0.05, 0) is 13.3 Å². The third-order valence-electron chi connectivity index (χ3n) is 1.67. The second-order valence-electron chi connectivity index (χ2n) is 2.66. The average Bonchev–Trinajstić information content (AvgIpc) is 1.82. The maximum atomic E-state index is 5.51. The fourth-order valence-electron chi connectivity index (χ4n) is 0.703. The Kier molecular flexibility index (Phi) is 4.72. The van der Waals surface area contributed by atoms with E-state index in [0.29, 0.717) is 6.04 Å². The molecule has 56 valence electrons. The topological polar surface area (TPSA) is 29.3 Å². The Labute approximate surface area is 58.0 Å². The Morgan fingerprint density at radius 1 is 1.56 bits per heavy atom. The summed E-state index contributed by atoms with van der Waals surface area (Å²) in [7, 11) is 1.92. The number of rotatable bonds is 4. The summed E-state index contributed by atoms with van der Waals surface area (Å²) < 4.78 is 0. The number of hydrogen-bond donors (Lipinski definition) is 1. The molecule has 0 rings (SSSR count). The lowest BCUT2D eigenvalue weighted by Gasteiger charge is -2.18. The molecule has 0 aliphatic carbocycles. The Bertz CT molecular complexity index is 61.9. The second-order valence-corrected chi connectivity index (χ2v) is 2.66. The molecular weight excluding hydrogens is 112 g/mol. The Morgan fingerprint density at radius 2 is 2.11 bits per heavy atom. The molecule has 1 unspecified atom stereocenters. The Hall–Kier alpha value is -0.0800. The molecule has 2 nitrogen and oxygen atoms in total. The van der Waals surface area contributed by atoms with Gasteiger partial charge in [0.25, 0.3) is 0 Å². The maximum Gasteiger partial charge on any atom is 0.0209 e. The summed E-state index contributed by atoms with van der Waals surface area (Å²) in [6.07, 6.45) is 3.75. The zero-order chi connectivity index (χ0) is 7.28. The van der Waals surface area contributed by atoms with Gasteiger partial charge in [-0.2, -0.15) is 0 Å². The lowest BCUT2D eigenvalue weighted by Crippen LogP contribution is -2.35. The first-order valence-corrected chi connectivity index (χ1v) is 3.66. The third kappa shape index (κ3) is 4.43. The number of unbranched alkanes of at least 4 members (excludes halogenated alkanes) is 1. The van der Waals surface area contributed by atoms with Crippen molar-refractivity contribution in [3.8, 4) is 0 Å². The fraction of sp³-hybridized carbons (Fsp3) is 1.00. The van der Waals surface area contributed by atoms with Crippen molar-refractivity contribution >= 4 is 0 Å². The minimum Gasteiger partial charge on any atom is -0.269 e. The van der Waals surface area contributed by atoms with Gasteiger partial charge in [0, 0.05) is 13.1 Å². The van der Waals surface area contributed by atoms with Crippen molar-refractivity contribution in [2.75, 3.05) is 7.05 Å². The fourth-order valence-corrected chi connectivity index (χ4v) is 0.703. The number of nitrogens with zero attached hydrogens (tertiary/aromatic N) is 1. The van der Waals surface area contributed by atoms with E-state index >= 15 is 0 Å². The van der Waals surface area contributed by atoms with E-state index in [2.05, 4.69) is 13.8 Å². The molecule has 1 atom stereocenters. The minimum absolute atomic E-state index is 0.532. The number of nitrogens with two attached hydrogens (primary N) is 1. The average molecular weight is 130 g/mol. The molecule has 0 bridgehead atoms. The molecule has 0 saturated heterocycles. The Morgan fingerprint density at radius 3 is 2.44 bits per heavy atom. The molecule has 0 aliphatic heterocycles. The highest BCUT2D eigenvalue weighted by Gasteiger charge is 2.01. The summed E-state index contributed by atoms with van der Waals surface area (Å²) in [4.78, 5) is 0. The van der Waals surface area contributed by atoms with E-state index < -0.39 is 0 Å². The van der Waals surface area contributed by atoms with E-state index in [1.54, 1.807) is 5.01 Å². The summed E-state index contributed by atoms with van der Waals surface area (Å²) in [5.41, 5.74) is 0.